The molecule has 0 unspecified atom stereocenters. The quantitative estimate of drug-likeness (QED) is 0.570. The molecule has 4 rings (SSSR count). The van der Waals surface area contributed by atoms with Crippen molar-refractivity contribution in [1.29, 1.82) is 0 Å². The van der Waals surface area contributed by atoms with Gasteiger partial charge in [0.1, 0.15) is 15.7 Å². The van der Waals surface area contributed by atoms with E-state index >= 15 is 0 Å². The molecule has 5 atom stereocenters. The second-order valence-corrected chi connectivity index (χ2v) is 10.3. The number of rotatable bonds is 3. The Labute approximate surface area is 161 Å². The summed E-state index contributed by atoms with van der Waals surface area (Å²) in [5.41, 5.74) is 0.949. The number of hydrogen-bond donors (Lipinski definition) is 0. The molecule has 2 aliphatic heterocycles. The number of halogens is 2. The molecule has 0 N–H and O–H groups in total. The minimum atomic E-state index is -0.604. The van der Waals surface area contributed by atoms with Crippen LogP contribution in [0.4, 0.5) is 0 Å². The molecule has 0 aromatic heterocycles. The van der Waals surface area contributed by atoms with Gasteiger partial charge in [-0.1, -0.05) is 32.0 Å². The van der Waals surface area contributed by atoms with E-state index < -0.39 is 4.33 Å². The summed E-state index contributed by atoms with van der Waals surface area (Å²) in [5.74, 6) is 1.67. The van der Waals surface area contributed by atoms with E-state index in [1.54, 1.807) is 0 Å². The fourth-order valence-electron chi connectivity index (χ4n) is 5.00. The van der Waals surface area contributed by atoms with E-state index in [1.165, 1.54) is 5.56 Å². The van der Waals surface area contributed by atoms with Gasteiger partial charge in [0.2, 0.25) is 0 Å². The lowest BCUT2D eigenvalue weighted by Gasteiger charge is -2.50. The minimum Gasteiger partial charge on any atom is -0.487 e. The summed E-state index contributed by atoms with van der Waals surface area (Å²) in [5, 5.41) is 0. The lowest BCUT2D eigenvalue weighted by atomic mass is 9.72. The molecule has 0 amide bonds. The van der Waals surface area contributed by atoms with Gasteiger partial charge in [0.05, 0.1) is 12.2 Å². The first-order chi connectivity index (χ1) is 11.7. The van der Waals surface area contributed by atoms with Crippen molar-refractivity contribution in [1.82, 2.24) is 0 Å². The van der Waals surface area contributed by atoms with Crippen LogP contribution >= 0.6 is 23.2 Å². The Hall–Kier alpha value is -0.440. The number of para-hydroxylation sites is 1. The van der Waals surface area contributed by atoms with E-state index in [0.29, 0.717) is 17.9 Å². The second-order valence-electron chi connectivity index (χ2n) is 8.94. The molecule has 3 aliphatic rings. The van der Waals surface area contributed by atoms with Gasteiger partial charge in [-0.2, -0.15) is 0 Å². The van der Waals surface area contributed by atoms with Crippen LogP contribution in [-0.2, 0) is 4.74 Å². The second kappa shape index (κ2) is 5.78. The van der Waals surface area contributed by atoms with Crippen LogP contribution < -0.4 is 4.74 Å². The maximum atomic E-state index is 6.57. The highest BCUT2D eigenvalue weighted by atomic mass is 35.5. The third-order valence-corrected chi connectivity index (χ3v) is 8.50. The lowest BCUT2D eigenvalue weighted by molar-refractivity contribution is -0.153. The minimum absolute atomic E-state index is 0.0178. The zero-order chi connectivity index (χ0) is 18.0. The van der Waals surface area contributed by atoms with Crippen LogP contribution in [0.2, 0.25) is 0 Å². The summed E-state index contributed by atoms with van der Waals surface area (Å²) in [6, 6.07) is 8.34. The Morgan fingerprint density at radius 3 is 2.48 bits per heavy atom. The Bertz CT molecular complexity index is 658. The average Bonchev–Trinajstić information content (AvgIpc) is 2.94. The molecule has 25 heavy (non-hydrogen) atoms. The van der Waals surface area contributed by atoms with Crippen LogP contribution in [0.1, 0.15) is 65.0 Å². The molecule has 0 radical (unpaired) electrons. The first kappa shape index (κ1) is 17.9. The topological polar surface area (TPSA) is 18.5 Å². The fraction of sp³-hybridized carbons (Fsp3) is 0.714. The predicted octanol–water partition coefficient (Wildman–Crippen LogP) is 6.30. The molecule has 1 aliphatic carbocycles. The number of ether oxygens (including phenoxy) is 2. The molecule has 1 saturated carbocycles. The van der Waals surface area contributed by atoms with Gasteiger partial charge < -0.3 is 9.47 Å². The van der Waals surface area contributed by atoms with Gasteiger partial charge in [-0.25, -0.2) is 0 Å². The van der Waals surface area contributed by atoms with E-state index in [2.05, 4.69) is 45.9 Å². The van der Waals surface area contributed by atoms with Crippen molar-refractivity contribution < 1.29 is 9.47 Å². The highest BCUT2D eigenvalue weighted by molar-refractivity contribution is 6.51. The number of alkyl halides is 2. The van der Waals surface area contributed by atoms with Crippen molar-refractivity contribution in [3.05, 3.63) is 29.8 Å². The SMILES string of the molecule is C[C@@H]1CC[C@@H]2[C@H](O1)c1ccccc1O[C@@]2(C)CC[C@@H]1C(C)(C)C1(Cl)Cl. The van der Waals surface area contributed by atoms with Crippen molar-refractivity contribution in [3.8, 4) is 5.75 Å². The number of hydrogen-bond acceptors (Lipinski definition) is 2. The van der Waals surface area contributed by atoms with Crippen molar-refractivity contribution in [2.75, 3.05) is 0 Å². The van der Waals surface area contributed by atoms with Gasteiger partial charge in [0.15, 0.2) is 0 Å². The van der Waals surface area contributed by atoms with Gasteiger partial charge >= 0.3 is 0 Å². The van der Waals surface area contributed by atoms with Crippen LogP contribution in [0.3, 0.4) is 0 Å². The molecule has 0 spiro atoms. The molecule has 138 valence electrons. The smallest absolute Gasteiger partial charge is 0.127 e. The normalized spacial score (nSPS) is 40.6. The molecule has 4 heteroatoms. The maximum Gasteiger partial charge on any atom is 0.127 e. The monoisotopic (exact) mass is 382 g/mol. The van der Waals surface area contributed by atoms with Gasteiger partial charge in [-0.05, 0) is 45.6 Å². The van der Waals surface area contributed by atoms with E-state index in [0.717, 1.165) is 31.4 Å². The predicted molar refractivity (Wildman–Crippen MR) is 102 cm³/mol. The first-order valence-corrected chi connectivity index (χ1v) is 10.2. The largest absolute Gasteiger partial charge is 0.487 e. The van der Waals surface area contributed by atoms with Gasteiger partial charge in [-0.3, -0.25) is 0 Å². The van der Waals surface area contributed by atoms with E-state index in [4.69, 9.17) is 32.7 Å². The Balaban J connectivity index is 1.59. The van der Waals surface area contributed by atoms with Crippen LogP contribution in [0.25, 0.3) is 0 Å². The molecule has 1 saturated heterocycles. The molecule has 2 heterocycles. The van der Waals surface area contributed by atoms with Crippen LogP contribution in [0.15, 0.2) is 24.3 Å². The highest BCUT2D eigenvalue weighted by Crippen LogP contribution is 2.70. The van der Waals surface area contributed by atoms with E-state index in [-0.39, 0.29) is 17.1 Å². The Kier molecular flexibility index (Phi) is 4.15. The van der Waals surface area contributed by atoms with Crippen LogP contribution in [-0.4, -0.2) is 16.0 Å². The molecule has 0 bridgehead atoms. The van der Waals surface area contributed by atoms with Gasteiger partial charge in [-0.15, -0.1) is 23.2 Å². The summed E-state index contributed by atoms with van der Waals surface area (Å²) in [4.78, 5) is 0. The third-order valence-electron chi connectivity index (χ3n) is 7.00. The molecule has 2 fully saturated rings. The molecule has 2 nitrogen and oxygen atoms in total. The van der Waals surface area contributed by atoms with Crippen LogP contribution in [0, 0.1) is 17.3 Å². The summed E-state index contributed by atoms with van der Waals surface area (Å²) in [6.45, 7) is 8.74. The molecule has 1 aromatic carbocycles. The third kappa shape index (κ3) is 2.71. The van der Waals surface area contributed by atoms with Crippen molar-refractivity contribution in [3.63, 3.8) is 0 Å². The zero-order valence-electron chi connectivity index (χ0n) is 15.5. The first-order valence-electron chi connectivity index (χ1n) is 9.48. The molecule has 1 aromatic rings. The van der Waals surface area contributed by atoms with Gasteiger partial charge in [0.25, 0.3) is 0 Å². The van der Waals surface area contributed by atoms with Crippen molar-refractivity contribution in [2.24, 2.45) is 17.3 Å². The van der Waals surface area contributed by atoms with Gasteiger partial charge in [0, 0.05) is 22.8 Å². The van der Waals surface area contributed by atoms with E-state index in [9.17, 15) is 0 Å². The van der Waals surface area contributed by atoms with Crippen molar-refractivity contribution in [2.45, 2.75) is 75.5 Å². The Morgan fingerprint density at radius 2 is 1.80 bits per heavy atom. The molecular formula is C21H28Cl2O2. The standard InChI is InChI=1S/C21H28Cl2O2/c1-13-9-10-15-18(24-13)14-7-5-6-8-16(14)25-20(15,4)12-11-17-19(2,3)21(17,22)23/h5-8,13,15,17-18H,9-12H2,1-4H3/t13-,15-,17-,18-,20+/m1/s1. The highest BCUT2D eigenvalue weighted by Gasteiger charge is 2.69. The lowest BCUT2D eigenvalue weighted by Crippen LogP contribution is -2.50. The fourth-order valence-corrected chi connectivity index (χ4v) is 5.91. The number of fused-ring (bicyclic) bond motifs is 3. The number of benzene rings is 1. The Morgan fingerprint density at radius 1 is 1.12 bits per heavy atom. The van der Waals surface area contributed by atoms with Crippen molar-refractivity contribution >= 4 is 23.2 Å². The molecular weight excluding hydrogens is 355 g/mol. The summed E-state index contributed by atoms with van der Waals surface area (Å²) < 4.78 is 12.4. The summed E-state index contributed by atoms with van der Waals surface area (Å²) >= 11 is 13.0. The maximum absolute atomic E-state index is 6.57. The van der Waals surface area contributed by atoms with E-state index in [1.807, 2.05) is 6.07 Å². The average molecular weight is 383 g/mol. The van der Waals surface area contributed by atoms with Crippen LogP contribution in [0.5, 0.6) is 5.75 Å². The summed E-state index contributed by atoms with van der Waals surface area (Å²) in [7, 11) is 0. The summed E-state index contributed by atoms with van der Waals surface area (Å²) in [6.07, 6.45) is 4.59. The zero-order valence-corrected chi connectivity index (χ0v) is 17.0.